The van der Waals surface area contributed by atoms with Crippen LogP contribution in [0, 0.1) is 0 Å². The first-order valence-electron chi connectivity index (χ1n) is 8.93. The molecular weight excluding hydrogens is 388 g/mol. The maximum absolute atomic E-state index is 11.5. The van der Waals surface area contributed by atoms with Gasteiger partial charge in [-0.1, -0.05) is 24.3 Å². The molecule has 0 bridgehead atoms. The molecule has 2 aromatic carbocycles. The van der Waals surface area contributed by atoms with E-state index < -0.39 is 9.84 Å². The highest BCUT2D eigenvalue weighted by Crippen LogP contribution is 2.29. The molecule has 4 rings (SSSR count). The summed E-state index contributed by atoms with van der Waals surface area (Å²) in [6.45, 7) is 0. The van der Waals surface area contributed by atoms with Crippen molar-refractivity contribution >= 4 is 38.2 Å². The number of aromatic nitrogens is 4. The van der Waals surface area contributed by atoms with Crippen LogP contribution in [0.5, 0.6) is 0 Å². The average molecular weight is 408 g/mol. The summed E-state index contributed by atoms with van der Waals surface area (Å²) in [7, 11) is -1.30. The van der Waals surface area contributed by atoms with Crippen LogP contribution in [0.25, 0.3) is 22.0 Å². The highest BCUT2D eigenvalue weighted by Gasteiger charge is 2.11. The summed E-state index contributed by atoms with van der Waals surface area (Å²) in [6.07, 6.45) is 4.74. The number of aromatic amines is 1. The minimum Gasteiger partial charge on any atom is -0.372 e. The topological polar surface area (TPSA) is 113 Å². The maximum atomic E-state index is 11.5. The number of fused-ring (bicyclic) bond motifs is 1. The SMILES string of the molecule is CNc1nc(Nc2cccc(CS(C)(=O)=O)c2)ncc1-c1ccc2cn[nH]c2c1. The Kier molecular flexibility index (Phi) is 4.89. The zero-order chi connectivity index (χ0) is 20.4. The molecule has 0 aliphatic heterocycles. The lowest BCUT2D eigenvalue weighted by molar-refractivity contribution is 0.601. The van der Waals surface area contributed by atoms with Gasteiger partial charge >= 0.3 is 0 Å². The van der Waals surface area contributed by atoms with Crippen molar-refractivity contribution in [2.45, 2.75) is 5.75 Å². The quantitative estimate of drug-likeness (QED) is 0.448. The molecule has 2 aromatic heterocycles. The van der Waals surface area contributed by atoms with Crippen LogP contribution >= 0.6 is 0 Å². The Morgan fingerprint density at radius 1 is 1.10 bits per heavy atom. The summed E-state index contributed by atoms with van der Waals surface area (Å²) in [4.78, 5) is 8.98. The molecular formula is C20H20N6O2S. The van der Waals surface area contributed by atoms with E-state index in [0.29, 0.717) is 17.3 Å². The van der Waals surface area contributed by atoms with Crippen molar-refractivity contribution in [1.82, 2.24) is 20.2 Å². The Labute approximate surface area is 168 Å². The molecule has 0 aliphatic carbocycles. The van der Waals surface area contributed by atoms with Gasteiger partial charge in [0.2, 0.25) is 5.95 Å². The molecule has 2 heterocycles. The monoisotopic (exact) mass is 408 g/mol. The van der Waals surface area contributed by atoms with E-state index in [0.717, 1.165) is 27.7 Å². The van der Waals surface area contributed by atoms with Gasteiger partial charge in [0.1, 0.15) is 5.82 Å². The summed E-state index contributed by atoms with van der Waals surface area (Å²) >= 11 is 0. The molecule has 9 heteroatoms. The van der Waals surface area contributed by atoms with Gasteiger partial charge in [0.25, 0.3) is 0 Å². The minimum absolute atomic E-state index is 0.0137. The fraction of sp³-hybridized carbons (Fsp3) is 0.150. The van der Waals surface area contributed by atoms with Crippen molar-refractivity contribution in [2.75, 3.05) is 23.9 Å². The normalized spacial score (nSPS) is 11.5. The lowest BCUT2D eigenvalue weighted by Crippen LogP contribution is -2.04. The standard InChI is InChI=1S/C20H20N6O2S/c1-21-19-17(14-6-7-15-10-23-26-18(15)9-14)11-22-20(25-19)24-16-5-3-4-13(8-16)12-29(2,27)28/h3-11H,12H2,1-2H3,(H,23,26)(H2,21,22,24,25). The summed E-state index contributed by atoms with van der Waals surface area (Å²) in [5, 5.41) is 14.3. The molecule has 148 valence electrons. The lowest BCUT2D eigenvalue weighted by atomic mass is 10.1. The highest BCUT2D eigenvalue weighted by molar-refractivity contribution is 7.89. The number of hydrogen-bond donors (Lipinski definition) is 3. The Balaban J connectivity index is 1.62. The number of benzene rings is 2. The molecule has 0 radical (unpaired) electrons. The molecule has 0 unspecified atom stereocenters. The first-order chi connectivity index (χ1) is 13.9. The van der Waals surface area contributed by atoms with Gasteiger partial charge in [-0.3, -0.25) is 5.10 Å². The third-order valence-electron chi connectivity index (χ3n) is 4.39. The van der Waals surface area contributed by atoms with Gasteiger partial charge in [0.05, 0.1) is 17.5 Å². The predicted molar refractivity (Wildman–Crippen MR) is 115 cm³/mol. The Hall–Kier alpha value is -3.46. The fourth-order valence-corrected chi connectivity index (χ4v) is 3.90. The molecule has 0 aliphatic rings. The Morgan fingerprint density at radius 2 is 1.97 bits per heavy atom. The van der Waals surface area contributed by atoms with Gasteiger partial charge in [-0.2, -0.15) is 10.1 Å². The van der Waals surface area contributed by atoms with Crippen molar-refractivity contribution in [1.29, 1.82) is 0 Å². The van der Waals surface area contributed by atoms with Crippen LogP contribution in [-0.4, -0.2) is 41.9 Å². The summed E-state index contributed by atoms with van der Waals surface area (Å²) in [5.41, 5.74) is 4.19. The molecule has 8 nitrogen and oxygen atoms in total. The van der Waals surface area contributed by atoms with Crippen LogP contribution < -0.4 is 10.6 Å². The number of nitrogens with zero attached hydrogens (tertiary/aromatic N) is 3. The number of sulfone groups is 1. The fourth-order valence-electron chi connectivity index (χ4n) is 3.12. The number of nitrogens with one attached hydrogen (secondary N) is 3. The number of hydrogen-bond acceptors (Lipinski definition) is 7. The Bertz CT molecular complexity index is 1280. The highest BCUT2D eigenvalue weighted by atomic mass is 32.2. The van der Waals surface area contributed by atoms with E-state index in [1.54, 1.807) is 37.6 Å². The third kappa shape index (κ3) is 4.35. The molecule has 0 saturated heterocycles. The molecule has 29 heavy (non-hydrogen) atoms. The second kappa shape index (κ2) is 7.51. The minimum atomic E-state index is -3.10. The van der Waals surface area contributed by atoms with Crippen LogP contribution in [-0.2, 0) is 15.6 Å². The van der Waals surface area contributed by atoms with Crippen LogP contribution in [0.1, 0.15) is 5.56 Å². The van der Waals surface area contributed by atoms with Crippen molar-refractivity contribution in [3.63, 3.8) is 0 Å². The molecule has 0 amide bonds. The van der Waals surface area contributed by atoms with Crippen molar-refractivity contribution < 1.29 is 8.42 Å². The van der Waals surface area contributed by atoms with Crippen LogP contribution in [0.4, 0.5) is 17.5 Å². The average Bonchev–Trinajstić information content (AvgIpc) is 3.14. The zero-order valence-electron chi connectivity index (χ0n) is 16.0. The molecule has 4 aromatic rings. The van der Waals surface area contributed by atoms with Crippen LogP contribution in [0.15, 0.2) is 54.9 Å². The molecule has 3 N–H and O–H groups in total. The number of rotatable bonds is 6. The first-order valence-corrected chi connectivity index (χ1v) is 11.0. The number of anilines is 3. The second-order valence-electron chi connectivity index (χ2n) is 6.77. The molecule has 0 atom stereocenters. The van der Waals surface area contributed by atoms with E-state index in [4.69, 9.17) is 0 Å². The smallest absolute Gasteiger partial charge is 0.229 e. The van der Waals surface area contributed by atoms with E-state index in [-0.39, 0.29) is 5.75 Å². The van der Waals surface area contributed by atoms with Gasteiger partial charge in [-0.15, -0.1) is 0 Å². The predicted octanol–water partition coefficient (Wildman–Crippen LogP) is 3.35. The van der Waals surface area contributed by atoms with Gasteiger partial charge in [0.15, 0.2) is 9.84 Å². The number of H-pyrrole nitrogens is 1. The van der Waals surface area contributed by atoms with Crippen molar-refractivity contribution in [3.8, 4) is 11.1 Å². The maximum Gasteiger partial charge on any atom is 0.229 e. The third-order valence-corrected chi connectivity index (χ3v) is 5.25. The van der Waals surface area contributed by atoms with E-state index in [2.05, 4.69) is 30.8 Å². The lowest BCUT2D eigenvalue weighted by Gasteiger charge is -2.12. The van der Waals surface area contributed by atoms with Crippen LogP contribution in [0.3, 0.4) is 0 Å². The van der Waals surface area contributed by atoms with Gasteiger partial charge < -0.3 is 10.6 Å². The Morgan fingerprint density at radius 3 is 2.76 bits per heavy atom. The van der Waals surface area contributed by atoms with E-state index in [1.165, 1.54) is 6.26 Å². The summed E-state index contributed by atoms with van der Waals surface area (Å²) in [5.74, 6) is 1.08. The van der Waals surface area contributed by atoms with Gasteiger partial charge in [-0.25, -0.2) is 13.4 Å². The van der Waals surface area contributed by atoms with E-state index in [1.807, 2.05) is 24.3 Å². The molecule has 0 saturated carbocycles. The summed E-state index contributed by atoms with van der Waals surface area (Å²) < 4.78 is 23.1. The van der Waals surface area contributed by atoms with Crippen molar-refractivity contribution in [2.24, 2.45) is 0 Å². The molecule has 0 fully saturated rings. The van der Waals surface area contributed by atoms with E-state index >= 15 is 0 Å². The largest absolute Gasteiger partial charge is 0.372 e. The second-order valence-corrected chi connectivity index (χ2v) is 8.91. The first kappa shape index (κ1) is 18.9. The zero-order valence-corrected chi connectivity index (χ0v) is 16.8. The van der Waals surface area contributed by atoms with E-state index in [9.17, 15) is 8.42 Å². The summed E-state index contributed by atoms with van der Waals surface area (Å²) in [6, 6.07) is 13.2. The molecule has 0 spiro atoms. The van der Waals surface area contributed by atoms with Crippen molar-refractivity contribution in [3.05, 3.63) is 60.4 Å². The van der Waals surface area contributed by atoms with Gasteiger partial charge in [-0.05, 0) is 29.3 Å². The van der Waals surface area contributed by atoms with Gasteiger partial charge in [0, 0.05) is 36.1 Å². The van der Waals surface area contributed by atoms with Crippen LogP contribution in [0.2, 0.25) is 0 Å².